The lowest BCUT2D eigenvalue weighted by atomic mass is 10.2. The lowest BCUT2D eigenvalue weighted by Gasteiger charge is -2.00. The minimum Gasteiger partial charge on any atom is -0.507 e. The van der Waals surface area contributed by atoms with Gasteiger partial charge in [-0.3, -0.25) is 4.79 Å². The first kappa shape index (κ1) is 13.0. The zero-order chi connectivity index (χ0) is 12.8. The Morgan fingerprint density at radius 3 is 2.41 bits per heavy atom. The van der Waals surface area contributed by atoms with E-state index in [0.717, 1.165) is 12.2 Å². The highest BCUT2D eigenvalue weighted by Gasteiger charge is 2.05. The largest absolute Gasteiger partial charge is 0.507 e. The van der Waals surface area contributed by atoms with E-state index in [2.05, 4.69) is 0 Å². The highest BCUT2D eigenvalue weighted by molar-refractivity contribution is 6.37. The molecule has 0 aliphatic heterocycles. The number of benzene rings is 1. The fourth-order valence-corrected chi connectivity index (χ4v) is 1.29. The van der Waals surface area contributed by atoms with Gasteiger partial charge in [0.05, 0.1) is 5.02 Å². The molecule has 0 radical (unpaired) electrons. The van der Waals surface area contributed by atoms with Crippen LogP contribution in [0.25, 0.3) is 5.76 Å². The van der Waals surface area contributed by atoms with Crippen LogP contribution in [0.5, 0.6) is 0 Å². The fraction of sp³-hybridized carbons (Fsp3) is 0. The van der Waals surface area contributed by atoms with Crippen molar-refractivity contribution in [2.75, 3.05) is 0 Å². The Morgan fingerprint density at radius 2 is 1.82 bits per heavy atom. The lowest BCUT2D eigenvalue weighted by molar-refractivity contribution is -0.146. The van der Waals surface area contributed by atoms with E-state index in [-0.39, 0.29) is 5.76 Å². The Morgan fingerprint density at radius 1 is 1.18 bits per heavy atom. The molecule has 0 aliphatic rings. The van der Waals surface area contributed by atoms with E-state index in [1.54, 1.807) is 24.3 Å². The first-order valence-electron chi connectivity index (χ1n) is 4.62. The molecule has 0 atom stereocenters. The van der Waals surface area contributed by atoms with Crippen LogP contribution < -0.4 is 0 Å². The summed E-state index contributed by atoms with van der Waals surface area (Å²) >= 11 is 5.83. The van der Waals surface area contributed by atoms with Crippen molar-refractivity contribution in [2.24, 2.45) is 0 Å². The third kappa shape index (κ3) is 3.77. The van der Waals surface area contributed by atoms with Gasteiger partial charge in [0.25, 0.3) is 5.78 Å². The summed E-state index contributed by atoms with van der Waals surface area (Å²) in [5, 5.41) is 18.3. The van der Waals surface area contributed by atoms with Crippen LogP contribution in [0.2, 0.25) is 5.02 Å². The van der Waals surface area contributed by atoms with Gasteiger partial charge in [0.1, 0.15) is 5.76 Å². The van der Waals surface area contributed by atoms with Crippen molar-refractivity contribution >= 4 is 29.1 Å². The summed E-state index contributed by atoms with van der Waals surface area (Å²) < 4.78 is 0. The molecule has 5 heteroatoms. The SMILES string of the molecule is O=C(O)C(=O)/C=C/C=C(\O)c1ccccc1Cl. The number of aliphatic carboxylic acids is 1. The molecule has 1 aromatic carbocycles. The van der Waals surface area contributed by atoms with Gasteiger partial charge in [-0.25, -0.2) is 4.79 Å². The molecule has 0 saturated heterocycles. The molecule has 0 amide bonds. The fourth-order valence-electron chi connectivity index (χ4n) is 1.06. The van der Waals surface area contributed by atoms with Gasteiger partial charge >= 0.3 is 5.97 Å². The number of aliphatic hydroxyl groups excluding tert-OH is 1. The predicted molar refractivity (Wildman–Crippen MR) is 63.8 cm³/mol. The van der Waals surface area contributed by atoms with Gasteiger partial charge < -0.3 is 10.2 Å². The zero-order valence-electron chi connectivity index (χ0n) is 8.63. The summed E-state index contributed by atoms with van der Waals surface area (Å²) in [5.41, 5.74) is 0.404. The van der Waals surface area contributed by atoms with E-state index in [4.69, 9.17) is 16.7 Å². The van der Waals surface area contributed by atoms with Crippen molar-refractivity contribution in [2.45, 2.75) is 0 Å². The zero-order valence-corrected chi connectivity index (χ0v) is 9.39. The normalized spacial score (nSPS) is 11.7. The van der Waals surface area contributed by atoms with Crippen molar-refractivity contribution in [3.05, 3.63) is 53.1 Å². The molecule has 0 fully saturated rings. The maximum absolute atomic E-state index is 10.7. The number of carbonyl (C=O) groups excluding carboxylic acids is 1. The minimum atomic E-state index is -1.55. The Balaban J connectivity index is 2.84. The molecule has 1 rings (SSSR count). The number of rotatable bonds is 4. The maximum atomic E-state index is 10.7. The Labute approximate surface area is 102 Å². The molecule has 17 heavy (non-hydrogen) atoms. The molecule has 4 nitrogen and oxygen atoms in total. The number of ketones is 1. The van der Waals surface area contributed by atoms with E-state index in [0.29, 0.717) is 10.6 Å². The van der Waals surface area contributed by atoms with Crippen LogP contribution in [0.4, 0.5) is 0 Å². The van der Waals surface area contributed by atoms with E-state index in [9.17, 15) is 14.7 Å². The van der Waals surface area contributed by atoms with Crippen LogP contribution in [0, 0.1) is 0 Å². The Kier molecular flexibility index (Phi) is 4.48. The molecule has 88 valence electrons. The van der Waals surface area contributed by atoms with Crippen LogP contribution in [-0.4, -0.2) is 22.0 Å². The third-order valence-corrected chi connectivity index (χ3v) is 2.19. The Hall–Kier alpha value is -2.07. The van der Waals surface area contributed by atoms with Crippen LogP contribution in [0.1, 0.15) is 5.56 Å². The monoisotopic (exact) mass is 252 g/mol. The summed E-state index contributed by atoms with van der Waals surface area (Å²) in [6.45, 7) is 0. The number of hydrogen-bond donors (Lipinski definition) is 2. The van der Waals surface area contributed by atoms with Crippen molar-refractivity contribution in [1.29, 1.82) is 0 Å². The summed E-state index contributed by atoms with van der Waals surface area (Å²) in [6, 6.07) is 6.61. The maximum Gasteiger partial charge on any atom is 0.376 e. The molecule has 0 bridgehead atoms. The predicted octanol–water partition coefficient (Wildman–Crippen LogP) is 2.45. The van der Waals surface area contributed by atoms with Crippen molar-refractivity contribution in [3.8, 4) is 0 Å². The summed E-state index contributed by atoms with van der Waals surface area (Å²) in [4.78, 5) is 20.9. The summed E-state index contributed by atoms with van der Waals surface area (Å²) in [7, 11) is 0. The van der Waals surface area contributed by atoms with E-state index in [1.165, 1.54) is 6.08 Å². The first-order chi connectivity index (χ1) is 8.02. The summed E-state index contributed by atoms with van der Waals surface area (Å²) in [6.07, 6.45) is 3.19. The highest BCUT2D eigenvalue weighted by Crippen LogP contribution is 2.21. The first-order valence-corrected chi connectivity index (χ1v) is 4.99. The van der Waals surface area contributed by atoms with Crippen LogP contribution in [-0.2, 0) is 9.59 Å². The summed E-state index contributed by atoms with van der Waals surface area (Å²) in [5.74, 6) is -2.76. The molecule has 0 saturated carbocycles. The molecule has 0 spiro atoms. The van der Waals surface area contributed by atoms with Gasteiger partial charge in [-0.1, -0.05) is 29.8 Å². The number of halogens is 1. The van der Waals surface area contributed by atoms with Gasteiger partial charge in [-0.2, -0.15) is 0 Å². The smallest absolute Gasteiger partial charge is 0.376 e. The molecule has 0 heterocycles. The second-order valence-electron chi connectivity index (χ2n) is 3.06. The topological polar surface area (TPSA) is 74.6 Å². The van der Waals surface area contributed by atoms with Crippen LogP contribution in [0.15, 0.2) is 42.5 Å². The van der Waals surface area contributed by atoms with E-state index >= 15 is 0 Å². The van der Waals surface area contributed by atoms with Gasteiger partial charge in [-0.05, 0) is 24.3 Å². The molecular formula is C12H9ClO4. The number of carbonyl (C=O) groups is 2. The van der Waals surface area contributed by atoms with Crippen LogP contribution >= 0.6 is 11.6 Å². The quantitative estimate of drug-likeness (QED) is 0.374. The van der Waals surface area contributed by atoms with Gasteiger partial charge in [0.15, 0.2) is 0 Å². The van der Waals surface area contributed by atoms with Gasteiger partial charge in [-0.15, -0.1) is 0 Å². The van der Waals surface area contributed by atoms with Crippen molar-refractivity contribution < 1.29 is 19.8 Å². The number of aliphatic hydroxyl groups is 1. The third-order valence-electron chi connectivity index (χ3n) is 1.86. The standard InChI is InChI=1S/C12H9ClO4/c13-9-5-2-1-4-8(9)10(14)6-3-7-11(15)12(16)17/h1-7,14H,(H,16,17)/b7-3+,10-6-. The molecule has 0 aromatic heterocycles. The second kappa shape index (κ2) is 5.86. The van der Waals surface area contributed by atoms with Gasteiger partial charge in [0, 0.05) is 5.56 Å². The average molecular weight is 253 g/mol. The molecular weight excluding hydrogens is 244 g/mol. The molecule has 2 N–H and O–H groups in total. The van der Waals surface area contributed by atoms with Crippen LogP contribution in [0.3, 0.4) is 0 Å². The number of allylic oxidation sites excluding steroid dienone is 2. The van der Waals surface area contributed by atoms with E-state index < -0.39 is 11.8 Å². The average Bonchev–Trinajstić information content (AvgIpc) is 2.29. The van der Waals surface area contributed by atoms with Crippen molar-refractivity contribution in [3.63, 3.8) is 0 Å². The lowest BCUT2D eigenvalue weighted by Crippen LogP contribution is -2.08. The second-order valence-corrected chi connectivity index (χ2v) is 3.47. The molecule has 0 aliphatic carbocycles. The number of carboxylic acid groups (broad SMARTS) is 1. The number of carboxylic acids is 1. The Bertz CT molecular complexity index is 503. The molecule has 1 aromatic rings. The highest BCUT2D eigenvalue weighted by atomic mass is 35.5. The van der Waals surface area contributed by atoms with Crippen molar-refractivity contribution in [1.82, 2.24) is 0 Å². The number of hydrogen-bond acceptors (Lipinski definition) is 3. The molecule has 0 unspecified atom stereocenters. The van der Waals surface area contributed by atoms with E-state index in [1.807, 2.05) is 0 Å². The minimum absolute atomic E-state index is 0.148. The van der Waals surface area contributed by atoms with Gasteiger partial charge in [0.2, 0.25) is 0 Å².